The Balaban J connectivity index is 2.42. The summed E-state index contributed by atoms with van der Waals surface area (Å²) in [5.74, 6) is -0.504. The molecule has 0 aliphatic carbocycles. The Hall–Kier alpha value is -2.05. The molecule has 1 rings (SSSR count). The number of carbonyl (C=O) groups excluding carboxylic acids is 1. The number of nitrogens with zero attached hydrogens (tertiary/aromatic N) is 1. The van der Waals surface area contributed by atoms with Gasteiger partial charge in [-0.25, -0.2) is 0 Å². The highest BCUT2D eigenvalue weighted by molar-refractivity contribution is 5.78. The van der Waals surface area contributed by atoms with Crippen molar-refractivity contribution in [3.63, 3.8) is 0 Å². The molecule has 1 amide bonds. The van der Waals surface area contributed by atoms with Crippen LogP contribution >= 0.6 is 0 Å². The van der Waals surface area contributed by atoms with Gasteiger partial charge in [-0.15, -0.1) is 0 Å². The fraction of sp³-hybridized carbons (Fsp3) is 0.583. The zero-order chi connectivity index (χ0) is 14.4. The van der Waals surface area contributed by atoms with Crippen LogP contribution in [-0.2, 0) is 9.59 Å². The summed E-state index contributed by atoms with van der Waals surface area (Å²) >= 11 is 0. The predicted octanol–water partition coefficient (Wildman–Crippen LogP) is 0.977. The van der Waals surface area contributed by atoms with E-state index in [9.17, 15) is 9.59 Å². The van der Waals surface area contributed by atoms with Gasteiger partial charge >= 0.3 is 5.97 Å². The van der Waals surface area contributed by atoms with Gasteiger partial charge in [0.25, 0.3) is 11.8 Å². The molecule has 19 heavy (non-hydrogen) atoms. The van der Waals surface area contributed by atoms with E-state index in [1.807, 2.05) is 13.8 Å². The van der Waals surface area contributed by atoms with Gasteiger partial charge in [0, 0.05) is 12.1 Å². The fourth-order valence-electron chi connectivity index (χ4n) is 1.44. The van der Waals surface area contributed by atoms with Gasteiger partial charge in [0.15, 0.2) is 6.61 Å². The van der Waals surface area contributed by atoms with Gasteiger partial charge in [0.1, 0.15) is 5.76 Å². The van der Waals surface area contributed by atoms with Gasteiger partial charge in [-0.2, -0.15) is 0 Å². The van der Waals surface area contributed by atoms with Gasteiger partial charge in [-0.1, -0.05) is 13.8 Å². The molecule has 0 fully saturated rings. The predicted molar refractivity (Wildman–Crippen MR) is 65.8 cm³/mol. The average Bonchev–Trinajstić information content (AvgIpc) is 2.71. The quantitative estimate of drug-likeness (QED) is 0.765. The third kappa shape index (κ3) is 5.41. The summed E-state index contributed by atoms with van der Waals surface area (Å²) in [5, 5.41) is 15.0. The van der Waals surface area contributed by atoms with Crippen molar-refractivity contribution in [2.24, 2.45) is 5.92 Å². The number of hydrogen-bond donors (Lipinski definition) is 2. The first-order chi connectivity index (χ1) is 8.88. The van der Waals surface area contributed by atoms with E-state index in [1.54, 1.807) is 13.0 Å². The normalized spacial score (nSPS) is 12.2. The van der Waals surface area contributed by atoms with Crippen molar-refractivity contribution >= 4 is 11.9 Å². The number of rotatable bonds is 7. The lowest BCUT2D eigenvalue weighted by molar-refractivity contribution is -0.138. The van der Waals surface area contributed by atoms with E-state index >= 15 is 0 Å². The van der Waals surface area contributed by atoms with Gasteiger partial charge in [0.2, 0.25) is 0 Å². The lowest BCUT2D eigenvalue weighted by Crippen LogP contribution is -2.42. The largest absolute Gasteiger partial charge is 0.481 e. The molecule has 1 heterocycles. The Morgan fingerprint density at radius 3 is 2.68 bits per heavy atom. The summed E-state index contributed by atoms with van der Waals surface area (Å²) in [5.41, 5.74) is 0. The van der Waals surface area contributed by atoms with Crippen LogP contribution in [0, 0.1) is 12.8 Å². The Morgan fingerprint density at radius 1 is 1.53 bits per heavy atom. The molecule has 1 unspecified atom stereocenters. The van der Waals surface area contributed by atoms with Crippen LogP contribution in [0.25, 0.3) is 0 Å². The van der Waals surface area contributed by atoms with Crippen LogP contribution in [0.2, 0.25) is 0 Å². The molecular weight excluding hydrogens is 252 g/mol. The number of aliphatic carboxylic acids is 1. The van der Waals surface area contributed by atoms with E-state index < -0.39 is 12.0 Å². The first-order valence-corrected chi connectivity index (χ1v) is 5.95. The fourth-order valence-corrected chi connectivity index (χ4v) is 1.44. The molecule has 7 heteroatoms. The standard InChI is InChI=1S/C12H18N2O5/c1-7(2)9(5-12(16)17)13-10(15)6-18-11-4-8(3)19-14-11/h4,7,9H,5-6H2,1-3H3,(H,13,15)(H,16,17). The number of aryl methyl sites for hydroxylation is 1. The van der Waals surface area contributed by atoms with Crippen molar-refractivity contribution in [2.45, 2.75) is 33.2 Å². The highest BCUT2D eigenvalue weighted by Crippen LogP contribution is 2.10. The van der Waals surface area contributed by atoms with E-state index in [0.29, 0.717) is 5.76 Å². The summed E-state index contributed by atoms with van der Waals surface area (Å²) in [6, 6.07) is 1.14. The number of nitrogens with one attached hydrogen (secondary N) is 1. The average molecular weight is 270 g/mol. The van der Waals surface area contributed by atoms with E-state index in [1.165, 1.54) is 0 Å². The van der Waals surface area contributed by atoms with Crippen LogP contribution in [-0.4, -0.2) is 34.8 Å². The molecule has 2 N–H and O–H groups in total. The van der Waals surface area contributed by atoms with Crippen LogP contribution in [0.5, 0.6) is 5.88 Å². The zero-order valence-corrected chi connectivity index (χ0v) is 11.2. The van der Waals surface area contributed by atoms with Gasteiger partial charge in [0.05, 0.1) is 6.42 Å². The molecule has 0 radical (unpaired) electrons. The van der Waals surface area contributed by atoms with Crippen LogP contribution in [0.15, 0.2) is 10.6 Å². The second-order valence-corrected chi connectivity index (χ2v) is 4.58. The maximum absolute atomic E-state index is 11.6. The highest BCUT2D eigenvalue weighted by atomic mass is 16.5. The minimum Gasteiger partial charge on any atom is -0.481 e. The first-order valence-electron chi connectivity index (χ1n) is 5.95. The molecule has 1 aromatic rings. The van der Waals surface area contributed by atoms with Crippen molar-refractivity contribution < 1.29 is 24.0 Å². The molecule has 0 bridgehead atoms. The van der Waals surface area contributed by atoms with Gasteiger partial charge in [-0.3, -0.25) is 9.59 Å². The van der Waals surface area contributed by atoms with Crippen LogP contribution < -0.4 is 10.1 Å². The minimum atomic E-state index is -0.952. The summed E-state index contributed by atoms with van der Waals surface area (Å²) < 4.78 is 9.89. The van der Waals surface area contributed by atoms with E-state index in [0.717, 1.165) is 0 Å². The van der Waals surface area contributed by atoms with E-state index in [4.69, 9.17) is 14.4 Å². The lowest BCUT2D eigenvalue weighted by atomic mass is 10.0. The van der Waals surface area contributed by atoms with Crippen molar-refractivity contribution in [3.05, 3.63) is 11.8 Å². The SMILES string of the molecule is Cc1cc(OCC(=O)NC(CC(=O)O)C(C)C)no1. The highest BCUT2D eigenvalue weighted by Gasteiger charge is 2.19. The molecule has 0 aromatic carbocycles. The van der Waals surface area contributed by atoms with Gasteiger partial charge in [-0.05, 0) is 18.0 Å². The number of carboxylic acids is 1. The van der Waals surface area contributed by atoms with Crippen LogP contribution in [0.1, 0.15) is 26.0 Å². The van der Waals surface area contributed by atoms with Crippen LogP contribution in [0.3, 0.4) is 0 Å². The number of hydrogen-bond acceptors (Lipinski definition) is 5. The molecule has 0 aliphatic heterocycles. The molecule has 0 aliphatic rings. The molecule has 1 atom stereocenters. The molecule has 0 spiro atoms. The Labute approximate surface area is 110 Å². The zero-order valence-electron chi connectivity index (χ0n) is 11.2. The monoisotopic (exact) mass is 270 g/mol. The van der Waals surface area contributed by atoms with Crippen molar-refractivity contribution in [1.29, 1.82) is 0 Å². The molecule has 7 nitrogen and oxygen atoms in total. The summed E-state index contributed by atoms with van der Waals surface area (Å²) in [7, 11) is 0. The van der Waals surface area contributed by atoms with Crippen molar-refractivity contribution in [1.82, 2.24) is 10.5 Å². The smallest absolute Gasteiger partial charge is 0.305 e. The molecule has 106 valence electrons. The van der Waals surface area contributed by atoms with Crippen molar-refractivity contribution in [3.8, 4) is 5.88 Å². The second kappa shape index (κ2) is 6.77. The molecular formula is C12H18N2O5. The second-order valence-electron chi connectivity index (χ2n) is 4.58. The molecule has 0 saturated heterocycles. The third-order valence-electron chi connectivity index (χ3n) is 2.50. The van der Waals surface area contributed by atoms with Gasteiger partial charge < -0.3 is 19.7 Å². The minimum absolute atomic E-state index is 0.0225. The van der Waals surface area contributed by atoms with E-state index in [-0.39, 0.29) is 30.7 Å². The summed E-state index contributed by atoms with van der Waals surface area (Å²) in [4.78, 5) is 22.3. The lowest BCUT2D eigenvalue weighted by Gasteiger charge is -2.20. The van der Waals surface area contributed by atoms with Crippen LogP contribution in [0.4, 0.5) is 0 Å². The first kappa shape index (κ1) is 15.0. The maximum atomic E-state index is 11.6. The number of amides is 1. The van der Waals surface area contributed by atoms with Crippen molar-refractivity contribution in [2.75, 3.05) is 6.61 Å². The third-order valence-corrected chi connectivity index (χ3v) is 2.50. The Kier molecular flexibility index (Phi) is 5.35. The summed E-state index contributed by atoms with van der Waals surface area (Å²) in [6.45, 7) is 5.17. The number of carboxylic acid groups (broad SMARTS) is 1. The molecule has 1 aromatic heterocycles. The topological polar surface area (TPSA) is 102 Å². The van der Waals surface area contributed by atoms with E-state index in [2.05, 4.69) is 10.5 Å². The maximum Gasteiger partial charge on any atom is 0.305 e. The number of ether oxygens (including phenoxy) is 1. The summed E-state index contributed by atoms with van der Waals surface area (Å²) in [6.07, 6.45) is -0.119. The Bertz CT molecular complexity index is 441. The molecule has 0 saturated carbocycles. The number of carbonyl (C=O) groups is 2. The Morgan fingerprint density at radius 2 is 2.21 bits per heavy atom. The number of aromatic nitrogens is 1.